The lowest BCUT2D eigenvalue weighted by Gasteiger charge is -2.22. The van der Waals surface area contributed by atoms with E-state index in [1.807, 2.05) is 30.3 Å². The van der Waals surface area contributed by atoms with Crippen LogP contribution in [-0.4, -0.2) is 24.5 Å². The first-order valence-electron chi connectivity index (χ1n) is 9.23. The third-order valence-electron chi connectivity index (χ3n) is 5.34. The molecule has 134 valence electrons. The van der Waals surface area contributed by atoms with Crippen LogP contribution in [0.2, 0.25) is 0 Å². The number of aryl methyl sites for hydroxylation is 1. The van der Waals surface area contributed by atoms with Crippen molar-refractivity contribution in [2.45, 2.75) is 25.7 Å². The van der Waals surface area contributed by atoms with Crippen LogP contribution in [0.3, 0.4) is 0 Å². The second-order valence-electron chi connectivity index (χ2n) is 6.96. The molecule has 1 aliphatic rings. The van der Waals surface area contributed by atoms with Crippen molar-refractivity contribution >= 4 is 16.8 Å². The summed E-state index contributed by atoms with van der Waals surface area (Å²) in [5.41, 5.74) is 5.00. The van der Waals surface area contributed by atoms with Crippen LogP contribution in [0.4, 0.5) is 0 Å². The Kier molecular flexibility index (Phi) is 4.65. The Hall–Kier alpha value is -2.75. The number of rotatable bonds is 5. The molecule has 4 rings (SSSR count). The molecule has 2 aromatic carbocycles. The van der Waals surface area contributed by atoms with Crippen molar-refractivity contribution in [3.8, 4) is 5.75 Å². The van der Waals surface area contributed by atoms with Gasteiger partial charge in [-0.05, 0) is 55.0 Å². The maximum absolute atomic E-state index is 12.6. The first-order chi connectivity index (χ1) is 12.7. The highest BCUT2D eigenvalue weighted by Gasteiger charge is 2.26. The maximum atomic E-state index is 12.6. The third kappa shape index (κ3) is 3.32. The number of hydrogen-bond acceptors (Lipinski definition) is 2. The molecule has 0 saturated heterocycles. The number of H-pyrrole nitrogens is 1. The predicted octanol–water partition coefficient (Wildman–Crippen LogP) is 3.64. The van der Waals surface area contributed by atoms with Gasteiger partial charge in [-0.1, -0.05) is 30.3 Å². The Morgan fingerprint density at radius 2 is 2.00 bits per heavy atom. The number of methoxy groups -OCH3 is 1. The van der Waals surface area contributed by atoms with Gasteiger partial charge in [-0.15, -0.1) is 0 Å². The summed E-state index contributed by atoms with van der Waals surface area (Å²) in [4.78, 5) is 16.1. The first kappa shape index (κ1) is 16.7. The van der Waals surface area contributed by atoms with Crippen molar-refractivity contribution in [3.05, 3.63) is 65.4 Å². The summed E-state index contributed by atoms with van der Waals surface area (Å²) < 4.78 is 5.17. The molecule has 26 heavy (non-hydrogen) atoms. The number of fused-ring (bicyclic) bond motifs is 3. The van der Waals surface area contributed by atoms with Crippen molar-refractivity contribution < 1.29 is 9.53 Å². The van der Waals surface area contributed by atoms with E-state index in [1.54, 1.807) is 7.11 Å². The average molecular weight is 348 g/mol. The highest BCUT2D eigenvalue weighted by atomic mass is 16.5. The van der Waals surface area contributed by atoms with E-state index in [2.05, 4.69) is 28.5 Å². The van der Waals surface area contributed by atoms with Crippen LogP contribution in [0, 0.1) is 5.92 Å². The molecule has 1 aromatic heterocycles. The largest absolute Gasteiger partial charge is 0.497 e. The normalized spacial score (nSPS) is 16.3. The molecule has 3 aromatic rings. The number of benzene rings is 2. The molecule has 0 bridgehead atoms. The summed E-state index contributed by atoms with van der Waals surface area (Å²) in [6, 6.07) is 16.4. The molecule has 0 radical (unpaired) electrons. The summed E-state index contributed by atoms with van der Waals surface area (Å²) in [6.45, 7) is 0.669. The van der Waals surface area contributed by atoms with Gasteiger partial charge >= 0.3 is 0 Å². The summed E-state index contributed by atoms with van der Waals surface area (Å²) in [5, 5.41) is 4.38. The van der Waals surface area contributed by atoms with Gasteiger partial charge in [0.15, 0.2) is 0 Å². The summed E-state index contributed by atoms with van der Waals surface area (Å²) >= 11 is 0. The molecule has 0 saturated carbocycles. The quantitative estimate of drug-likeness (QED) is 0.740. The lowest BCUT2D eigenvalue weighted by molar-refractivity contribution is -0.125. The lowest BCUT2D eigenvalue weighted by Crippen LogP contribution is -2.35. The van der Waals surface area contributed by atoms with E-state index in [9.17, 15) is 4.79 Å². The number of aromatic nitrogens is 1. The van der Waals surface area contributed by atoms with E-state index in [1.165, 1.54) is 27.7 Å². The van der Waals surface area contributed by atoms with Crippen LogP contribution >= 0.6 is 0 Å². The predicted molar refractivity (Wildman–Crippen MR) is 104 cm³/mol. The minimum absolute atomic E-state index is 0.0672. The third-order valence-corrected chi connectivity index (χ3v) is 5.34. The number of aromatic amines is 1. The summed E-state index contributed by atoms with van der Waals surface area (Å²) in [6.07, 6.45) is 3.52. The van der Waals surface area contributed by atoms with Gasteiger partial charge in [0.05, 0.1) is 7.11 Å². The molecule has 1 atom stereocenters. The Labute approximate surface area is 153 Å². The Balaban J connectivity index is 1.35. The molecule has 0 aliphatic heterocycles. The molecule has 4 nitrogen and oxygen atoms in total. The van der Waals surface area contributed by atoms with E-state index in [4.69, 9.17) is 4.74 Å². The number of nitrogens with one attached hydrogen (secondary N) is 2. The van der Waals surface area contributed by atoms with Gasteiger partial charge < -0.3 is 15.0 Å². The maximum Gasteiger partial charge on any atom is 0.223 e. The van der Waals surface area contributed by atoms with Crippen molar-refractivity contribution in [1.82, 2.24) is 10.3 Å². The zero-order chi connectivity index (χ0) is 17.9. The minimum Gasteiger partial charge on any atom is -0.497 e. The van der Waals surface area contributed by atoms with E-state index in [-0.39, 0.29) is 11.8 Å². The number of ether oxygens (including phenoxy) is 1. The van der Waals surface area contributed by atoms with Gasteiger partial charge in [0.2, 0.25) is 5.91 Å². The zero-order valence-corrected chi connectivity index (χ0v) is 15.0. The summed E-state index contributed by atoms with van der Waals surface area (Å²) in [7, 11) is 1.67. The van der Waals surface area contributed by atoms with Crippen molar-refractivity contribution in [3.63, 3.8) is 0 Å². The van der Waals surface area contributed by atoms with Crippen LogP contribution in [-0.2, 0) is 24.1 Å². The number of carbonyl (C=O) groups excluding carboxylic acids is 1. The van der Waals surface area contributed by atoms with Crippen LogP contribution in [0.25, 0.3) is 10.9 Å². The molecule has 0 spiro atoms. The molecular weight excluding hydrogens is 324 g/mol. The zero-order valence-electron chi connectivity index (χ0n) is 15.0. The second-order valence-corrected chi connectivity index (χ2v) is 6.96. The van der Waals surface area contributed by atoms with E-state index in [0.29, 0.717) is 6.54 Å². The molecule has 1 heterocycles. The fourth-order valence-electron chi connectivity index (χ4n) is 3.86. The lowest BCUT2D eigenvalue weighted by atomic mass is 9.86. The number of carbonyl (C=O) groups is 1. The molecule has 1 amide bonds. The molecule has 0 fully saturated rings. The van der Waals surface area contributed by atoms with Gasteiger partial charge in [0.25, 0.3) is 0 Å². The van der Waals surface area contributed by atoms with Crippen LogP contribution in [0.5, 0.6) is 5.75 Å². The first-order valence-corrected chi connectivity index (χ1v) is 9.23. The summed E-state index contributed by atoms with van der Waals surface area (Å²) in [5.74, 6) is 1.10. The van der Waals surface area contributed by atoms with Crippen molar-refractivity contribution in [2.24, 2.45) is 5.92 Å². The second kappa shape index (κ2) is 7.24. The highest BCUT2D eigenvalue weighted by Crippen LogP contribution is 2.31. The Morgan fingerprint density at radius 1 is 1.19 bits per heavy atom. The number of para-hydroxylation sites is 1. The van der Waals surface area contributed by atoms with Gasteiger partial charge in [0, 0.05) is 29.1 Å². The van der Waals surface area contributed by atoms with Gasteiger partial charge in [-0.2, -0.15) is 0 Å². The molecule has 1 aliphatic carbocycles. The van der Waals surface area contributed by atoms with E-state index < -0.39 is 0 Å². The van der Waals surface area contributed by atoms with Crippen LogP contribution in [0.15, 0.2) is 48.5 Å². The number of hydrogen-bond donors (Lipinski definition) is 2. The van der Waals surface area contributed by atoms with Gasteiger partial charge in [-0.3, -0.25) is 4.79 Å². The average Bonchev–Trinajstić information content (AvgIpc) is 3.06. The van der Waals surface area contributed by atoms with Crippen molar-refractivity contribution in [1.29, 1.82) is 0 Å². The van der Waals surface area contributed by atoms with Crippen LogP contribution in [0.1, 0.15) is 23.2 Å². The van der Waals surface area contributed by atoms with Gasteiger partial charge in [0.1, 0.15) is 5.75 Å². The molecule has 4 heteroatoms. The van der Waals surface area contributed by atoms with E-state index in [0.717, 1.165) is 31.4 Å². The fourth-order valence-corrected chi connectivity index (χ4v) is 3.86. The smallest absolute Gasteiger partial charge is 0.223 e. The van der Waals surface area contributed by atoms with E-state index >= 15 is 0 Å². The Morgan fingerprint density at radius 3 is 2.81 bits per heavy atom. The highest BCUT2D eigenvalue weighted by molar-refractivity contribution is 5.87. The Bertz CT molecular complexity index is 912. The minimum atomic E-state index is 0.0672. The monoisotopic (exact) mass is 348 g/mol. The van der Waals surface area contributed by atoms with Crippen molar-refractivity contribution in [2.75, 3.05) is 13.7 Å². The topological polar surface area (TPSA) is 54.1 Å². The standard InChI is InChI=1S/C22H24N2O2/c1-26-17-9-6-15(7-10-17)12-13-23-22(25)16-8-11-21-19(14-16)18-4-2-3-5-20(18)24-21/h2-7,9-10,16,24H,8,11-14H2,1H3,(H,23,25). The fraction of sp³-hybridized carbons (Fsp3) is 0.318. The molecule has 2 N–H and O–H groups in total. The van der Waals surface area contributed by atoms with Crippen LogP contribution < -0.4 is 10.1 Å². The number of amides is 1. The molecule has 1 unspecified atom stereocenters. The van der Waals surface area contributed by atoms with Gasteiger partial charge in [-0.25, -0.2) is 0 Å². The molecular formula is C22H24N2O2. The SMILES string of the molecule is COc1ccc(CCNC(=O)C2CCc3[nH]c4ccccc4c3C2)cc1.